The van der Waals surface area contributed by atoms with Crippen LogP contribution >= 0.6 is 11.6 Å². The smallest absolute Gasteiger partial charge is 0.0450 e. The Kier molecular flexibility index (Phi) is 5.52. The first-order chi connectivity index (χ1) is 8.79. The van der Waals surface area contributed by atoms with Crippen molar-refractivity contribution >= 4 is 11.6 Å². The van der Waals surface area contributed by atoms with Gasteiger partial charge in [0.2, 0.25) is 0 Å². The third-order valence-electron chi connectivity index (χ3n) is 4.20. The summed E-state index contributed by atoms with van der Waals surface area (Å²) >= 11 is 6.18. The van der Waals surface area contributed by atoms with Crippen LogP contribution in [0.15, 0.2) is 24.3 Å². The molecule has 0 amide bonds. The van der Waals surface area contributed by atoms with E-state index in [2.05, 4.69) is 24.4 Å². The second kappa shape index (κ2) is 7.16. The molecular weight excluding hydrogens is 242 g/mol. The molecule has 0 spiro atoms. The van der Waals surface area contributed by atoms with Crippen molar-refractivity contribution in [2.24, 2.45) is 5.92 Å². The fourth-order valence-corrected chi connectivity index (χ4v) is 3.09. The second-order valence-corrected chi connectivity index (χ2v) is 5.86. The van der Waals surface area contributed by atoms with E-state index in [-0.39, 0.29) is 0 Å². The second-order valence-electron chi connectivity index (χ2n) is 5.45. The van der Waals surface area contributed by atoms with Crippen molar-refractivity contribution in [3.05, 3.63) is 34.9 Å². The first kappa shape index (κ1) is 13.9. The molecule has 1 aliphatic carbocycles. The summed E-state index contributed by atoms with van der Waals surface area (Å²) in [6.45, 7) is 3.23. The summed E-state index contributed by atoms with van der Waals surface area (Å²) in [5, 5.41) is 4.56. The van der Waals surface area contributed by atoms with Crippen LogP contribution in [0.25, 0.3) is 0 Å². The van der Waals surface area contributed by atoms with E-state index in [9.17, 15) is 0 Å². The highest BCUT2D eigenvalue weighted by molar-refractivity contribution is 6.31. The summed E-state index contributed by atoms with van der Waals surface area (Å²) in [7, 11) is 0. The molecule has 0 bridgehead atoms. The first-order valence-corrected chi connectivity index (χ1v) is 7.64. The van der Waals surface area contributed by atoms with E-state index in [1.54, 1.807) is 0 Å². The summed E-state index contributed by atoms with van der Waals surface area (Å²) in [4.78, 5) is 0. The Morgan fingerprint density at radius 3 is 2.78 bits per heavy atom. The molecule has 1 nitrogen and oxygen atoms in total. The predicted molar refractivity (Wildman–Crippen MR) is 78.9 cm³/mol. The Labute approximate surface area is 116 Å². The van der Waals surface area contributed by atoms with Crippen molar-refractivity contribution < 1.29 is 0 Å². The molecule has 0 aliphatic heterocycles. The van der Waals surface area contributed by atoms with Crippen molar-refractivity contribution in [2.45, 2.75) is 58.0 Å². The lowest BCUT2D eigenvalue weighted by atomic mass is 9.98. The molecule has 0 radical (unpaired) electrons. The molecule has 2 heteroatoms. The van der Waals surface area contributed by atoms with E-state index in [0.29, 0.717) is 6.04 Å². The standard InChI is InChI=1S/C16H24ClN/c1-2-13-6-5-8-15(11-10-13)18-12-14-7-3-4-9-16(14)17/h3-4,7,9,13,15,18H,2,5-6,8,10-12H2,1H3. The lowest BCUT2D eigenvalue weighted by Crippen LogP contribution is -2.28. The van der Waals surface area contributed by atoms with Gasteiger partial charge < -0.3 is 5.32 Å². The van der Waals surface area contributed by atoms with Gasteiger partial charge in [0.25, 0.3) is 0 Å². The minimum absolute atomic E-state index is 0.679. The Balaban J connectivity index is 1.82. The quantitative estimate of drug-likeness (QED) is 0.772. The van der Waals surface area contributed by atoms with Gasteiger partial charge in [0, 0.05) is 17.6 Å². The highest BCUT2D eigenvalue weighted by Crippen LogP contribution is 2.26. The number of nitrogens with one attached hydrogen (secondary N) is 1. The average molecular weight is 266 g/mol. The minimum atomic E-state index is 0.679. The first-order valence-electron chi connectivity index (χ1n) is 7.26. The SMILES string of the molecule is CCC1CCCC(NCc2ccccc2Cl)CC1. The van der Waals surface area contributed by atoms with Gasteiger partial charge in [0.15, 0.2) is 0 Å². The monoisotopic (exact) mass is 265 g/mol. The maximum Gasteiger partial charge on any atom is 0.0450 e. The largest absolute Gasteiger partial charge is 0.310 e. The highest BCUT2D eigenvalue weighted by atomic mass is 35.5. The van der Waals surface area contributed by atoms with Gasteiger partial charge in [0.05, 0.1) is 0 Å². The number of rotatable bonds is 4. The van der Waals surface area contributed by atoms with Crippen LogP contribution in [0.2, 0.25) is 5.02 Å². The van der Waals surface area contributed by atoms with Crippen LogP contribution in [0.4, 0.5) is 0 Å². The van der Waals surface area contributed by atoms with Crippen LogP contribution < -0.4 is 5.32 Å². The van der Waals surface area contributed by atoms with E-state index in [1.165, 1.54) is 44.1 Å². The van der Waals surface area contributed by atoms with Crippen LogP contribution in [-0.4, -0.2) is 6.04 Å². The summed E-state index contributed by atoms with van der Waals surface area (Å²) < 4.78 is 0. The maximum atomic E-state index is 6.18. The molecule has 1 saturated carbocycles. The fourth-order valence-electron chi connectivity index (χ4n) is 2.89. The lowest BCUT2D eigenvalue weighted by Gasteiger charge is -2.17. The van der Waals surface area contributed by atoms with Crippen molar-refractivity contribution in [3.8, 4) is 0 Å². The summed E-state index contributed by atoms with van der Waals surface area (Å²) in [6.07, 6.45) is 8.16. The van der Waals surface area contributed by atoms with Crippen molar-refractivity contribution in [3.63, 3.8) is 0 Å². The molecule has 0 saturated heterocycles. The molecule has 1 fully saturated rings. The molecule has 100 valence electrons. The minimum Gasteiger partial charge on any atom is -0.310 e. The molecule has 2 unspecified atom stereocenters. The van der Waals surface area contributed by atoms with E-state index >= 15 is 0 Å². The molecule has 0 aromatic heterocycles. The molecule has 1 aromatic carbocycles. The Morgan fingerprint density at radius 2 is 2.00 bits per heavy atom. The predicted octanol–water partition coefficient (Wildman–Crippen LogP) is 4.79. The number of hydrogen-bond donors (Lipinski definition) is 1. The van der Waals surface area contributed by atoms with Crippen molar-refractivity contribution in [1.82, 2.24) is 5.32 Å². The maximum absolute atomic E-state index is 6.18. The molecule has 18 heavy (non-hydrogen) atoms. The van der Waals surface area contributed by atoms with Gasteiger partial charge in [-0.15, -0.1) is 0 Å². The summed E-state index contributed by atoms with van der Waals surface area (Å²) in [5.74, 6) is 0.956. The van der Waals surface area contributed by atoms with Gasteiger partial charge in [-0.1, -0.05) is 56.0 Å². The van der Waals surface area contributed by atoms with Crippen molar-refractivity contribution in [2.75, 3.05) is 0 Å². The summed E-state index contributed by atoms with van der Waals surface area (Å²) in [6, 6.07) is 8.81. The van der Waals surface area contributed by atoms with Gasteiger partial charge in [-0.2, -0.15) is 0 Å². The molecule has 2 atom stereocenters. The van der Waals surface area contributed by atoms with E-state index < -0.39 is 0 Å². The molecule has 1 aromatic rings. The number of benzene rings is 1. The molecule has 2 rings (SSSR count). The van der Waals surface area contributed by atoms with Gasteiger partial charge in [-0.05, 0) is 36.8 Å². The lowest BCUT2D eigenvalue weighted by molar-refractivity contribution is 0.425. The Hall–Kier alpha value is -0.530. The van der Waals surface area contributed by atoms with E-state index in [1.807, 2.05) is 12.1 Å². The average Bonchev–Trinajstić information content (AvgIpc) is 2.63. The van der Waals surface area contributed by atoms with Gasteiger partial charge in [-0.25, -0.2) is 0 Å². The number of hydrogen-bond acceptors (Lipinski definition) is 1. The van der Waals surface area contributed by atoms with E-state index in [4.69, 9.17) is 11.6 Å². The zero-order valence-corrected chi connectivity index (χ0v) is 12.0. The van der Waals surface area contributed by atoms with Gasteiger partial charge in [-0.3, -0.25) is 0 Å². The van der Waals surface area contributed by atoms with Gasteiger partial charge >= 0.3 is 0 Å². The summed E-state index contributed by atoms with van der Waals surface area (Å²) in [5.41, 5.74) is 1.22. The number of halogens is 1. The zero-order chi connectivity index (χ0) is 12.8. The van der Waals surface area contributed by atoms with Crippen LogP contribution in [-0.2, 0) is 6.54 Å². The van der Waals surface area contributed by atoms with Gasteiger partial charge in [0.1, 0.15) is 0 Å². The van der Waals surface area contributed by atoms with Crippen LogP contribution in [0.1, 0.15) is 51.0 Å². The van der Waals surface area contributed by atoms with Crippen LogP contribution in [0, 0.1) is 5.92 Å². The molecule has 1 N–H and O–H groups in total. The Morgan fingerprint density at radius 1 is 1.17 bits per heavy atom. The molecule has 1 aliphatic rings. The Bertz CT molecular complexity index is 364. The topological polar surface area (TPSA) is 12.0 Å². The highest BCUT2D eigenvalue weighted by Gasteiger charge is 2.17. The molecular formula is C16H24ClN. The zero-order valence-electron chi connectivity index (χ0n) is 11.3. The molecule has 0 heterocycles. The van der Waals surface area contributed by atoms with E-state index in [0.717, 1.165) is 17.5 Å². The van der Waals surface area contributed by atoms with Crippen LogP contribution in [0.3, 0.4) is 0 Å². The normalized spacial score (nSPS) is 24.8. The van der Waals surface area contributed by atoms with Crippen molar-refractivity contribution in [1.29, 1.82) is 0 Å². The third kappa shape index (κ3) is 4.00. The fraction of sp³-hybridized carbons (Fsp3) is 0.625. The third-order valence-corrected chi connectivity index (χ3v) is 4.57. The van der Waals surface area contributed by atoms with Crippen LogP contribution in [0.5, 0.6) is 0 Å².